The van der Waals surface area contributed by atoms with Crippen LogP contribution in [0.3, 0.4) is 0 Å². The zero-order chi connectivity index (χ0) is 17.5. The fraction of sp³-hybridized carbons (Fsp3) is 0.667. The summed E-state index contributed by atoms with van der Waals surface area (Å²) in [6.45, 7) is 5.43. The van der Waals surface area contributed by atoms with Crippen LogP contribution < -0.4 is 5.73 Å². The maximum atomic E-state index is 12.9. The molecule has 3 rings (SSSR count). The fourth-order valence-corrected chi connectivity index (χ4v) is 4.41. The molecule has 0 bridgehead atoms. The Kier molecular flexibility index (Phi) is 10.7. The Bertz CT molecular complexity index is 550. The first-order valence-electron chi connectivity index (χ1n) is 9.95. The molecule has 1 saturated carbocycles. The number of nitrogens with two attached hydrogens (primary N) is 1. The summed E-state index contributed by atoms with van der Waals surface area (Å²) in [6.07, 6.45) is 7.74. The summed E-state index contributed by atoms with van der Waals surface area (Å²) in [6, 6.07) is 10.6. The average molecular weight is 416 g/mol. The molecule has 6 heteroatoms. The molecule has 27 heavy (non-hydrogen) atoms. The Morgan fingerprint density at radius 1 is 0.926 bits per heavy atom. The lowest BCUT2D eigenvalue weighted by Crippen LogP contribution is -2.41. The summed E-state index contributed by atoms with van der Waals surface area (Å²) >= 11 is 0. The molecule has 1 aliphatic heterocycles. The van der Waals surface area contributed by atoms with Gasteiger partial charge in [0.2, 0.25) is 5.91 Å². The molecule has 1 aliphatic carbocycles. The number of nitrogens with zero attached hydrogens (tertiary/aromatic N) is 2. The largest absolute Gasteiger partial charge is 0.341 e. The monoisotopic (exact) mass is 415 g/mol. The summed E-state index contributed by atoms with van der Waals surface area (Å²) in [5.74, 6) is 0.328. The van der Waals surface area contributed by atoms with Gasteiger partial charge in [-0.2, -0.15) is 0 Å². The predicted octanol–water partition coefficient (Wildman–Crippen LogP) is 3.86. The van der Waals surface area contributed by atoms with Crippen molar-refractivity contribution in [2.75, 3.05) is 32.7 Å². The van der Waals surface area contributed by atoms with Gasteiger partial charge in [0.15, 0.2) is 0 Å². The molecule has 154 valence electrons. The maximum Gasteiger partial charge on any atom is 0.223 e. The Morgan fingerprint density at radius 3 is 2.30 bits per heavy atom. The highest BCUT2D eigenvalue weighted by molar-refractivity contribution is 5.85. The molecule has 1 saturated heterocycles. The number of rotatable bonds is 5. The van der Waals surface area contributed by atoms with E-state index < -0.39 is 0 Å². The zero-order valence-corrected chi connectivity index (χ0v) is 17.9. The first kappa shape index (κ1) is 24.2. The molecule has 1 heterocycles. The van der Waals surface area contributed by atoms with E-state index in [1.54, 1.807) is 0 Å². The van der Waals surface area contributed by atoms with Crippen molar-refractivity contribution in [3.63, 3.8) is 0 Å². The van der Waals surface area contributed by atoms with E-state index in [4.69, 9.17) is 5.73 Å². The van der Waals surface area contributed by atoms with Crippen molar-refractivity contribution in [3.8, 4) is 0 Å². The molecule has 1 aromatic rings. The molecule has 2 fully saturated rings. The van der Waals surface area contributed by atoms with Crippen molar-refractivity contribution in [1.82, 2.24) is 9.80 Å². The van der Waals surface area contributed by atoms with Crippen LogP contribution in [0.2, 0.25) is 0 Å². The second-order valence-electron chi connectivity index (χ2n) is 7.94. The summed E-state index contributed by atoms with van der Waals surface area (Å²) < 4.78 is 0. The SMILES string of the molecule is Cl.Cl.NCC1(CC(=O)N2CCCN(Cc3ccccc3)CC2)CCCCC1. The van der Waals surface area contributed by atoms with Gasteiger partial charge < -0.3 is 10.6 Å². The minimum Gasteiger partial charge on any atom is -0.341 e. The van der Waals surface area contributed by atoms with E-state index in [9.17, 15) is 4.79 Å². The molecule has 0 spiro atoms. The van der Waals surface area contributed by atoms with Crippen LogP contribution in [0.25, 0.3) is 0 Å². The molecule has 0 atom stereocenters. The molecular weight excluding hydrogens is 381 g/mol. The normalized spacial score (nSPS) is 20.1. The third-order valence-corrected chi connectivity index (χ3v) is 6.06. The van der Waals surface area contributed by atoms with Gasteiger partial charge in [0, 0.05) is 39.1 Å². The van der Waals surface area contributed by atoms with Gasteiger partial charge in [-0.1, -0.05) is 49.6 Å². The van der Waals surface area contributed by atoms with E-state index in [-0.39, 0.29) is 30.2 Å². The molecule has 1 aromatic carbocycles. The second kappa shape index (κ2) is 11.9. The van der Waals surface area contributed by atoms with Crippen molar-refractivity contribution in [1.29, 1.82) is 0 Å². The summed E-state index contributed by atoms with van der Waals surface area (Å²) in [4.78, 5) is 17.5. The van der Waals surface area contributed by atoms with Crippen LogP contribution in [0.1, 0.15) is 50.5 Å². The predicted molar refractivity (Wildman–Crippen MR) is 117 cm³/mol. The van der Waals surface area contributed by atoms with Crippen LogP contribution >= 0.6 is 24.8 Å². The quantitative estimate of drug-likeness (QED) is 0.793. The first-order valence-corrected chi connectivity index (χ1v) is 9.95. The number of hydrogen-bond donors (Lipinski definition) is 1. The highest BCUT2D eigenvalue weighted by atomic mass is 35.5. The fourth-order valence-electron chi connectivity index (χ4n) is 4.41. The lowest BCUT2D eigenvalue weighted by atomic mass is 9.71. The first-order chi connectivity index (χ1) is 12.2. The highest BCUT2D eigenvalue weighted by Crippen LogP contribution is 2.38. The number of benzene rings is 1. The summed E-state index contributed by atoms with van der Waals surface area (Å²) in [7, 11) is 0. The molecular formula is C21H35Cl2N3O. The maximum absolute atomic E-state index is 12.9. The number of carbonyl (C=O) groups is 1. The van der Waals surface area contributed by atoms with E-state index >= 15 is 0 Å². The van der Waals surface area contributed by atoms with Crippen molar-refractivity contribution < 1.29 is 4.79 Å². The van der Waals surface area contributed by atoms with Crippen LogP contribution in [0, 0.1) is 5.41 Å². The average Bonchev–Trinajstić information content (AvgIpc) is 2.89. The molecule has 0 aromatic heterocycles. The lowest BCUT2D eigenvalue weighted by molar-refractivity contribution is -0.134. The minimum atomic E-state index is 0. The standard InChI is InChI=1S/C21H33N3O.2ClH/c22-18-21(10-5-2-6-11-21)16-20(25)24-13-7-12-23(14-15-24)17-19-8-3-1-4-9-19;;/h1,3-4,8-9H,2,5-7,10-18,22H2;2*1H. The number of halogens is 2. The topological polar surface area (TPSA) is 49.6 Å². The van der Waals surface area contributed by atoms with Crippen LogP contribution in [0.5, 0.6) is 0 Å². The van der Waals surface area contributed by atoms with E-state index in [0.29, 0.717) is 18.9 Å². The van der Waals surface area contributed by atoms with Gasteiger partial charge in [-0.25, -0.2) is 0 Å². The number of amides is 1. The van der Waals surface area contributed by atoms with Crippen molar-refractivity contribution in [3.05, 3.63) is 35.9 Å². The molecule has 4 nitrogen and oxygen atoms in total. The zero-order valence-electron chi connectivity index (χ0n) is 16.3. The molecule has 2 aliphatic rings. The van der Waals surface area contributed by atoms with E-state index in [2.05, 4.69) is 40.1 Å². The highest BCUT2D eigenvalue weighted by Gasteiger charge is 2.34. The van der Waals surface area contributed by atoms with Crippen LogP contribution in [-0.2, 0) is 11.3 Å². The Balaban J connectivity index is 0.00000182. The van der Waals surface area contributed by atoms with Crippen molar-refractivity contribution in [2.24, 2.45) is 11.1 Å². The Morgan fingerprint density at radius 2 is 1.63 bits per heavy atom. The van der Waals surface area contributed by atoms with Crippen molar-refractivity contribution >= 4 is 30.7 Å². The minimum absolute atomic E-state index is 0. The third-order valence-electron chi connectivity index (χ3n) is 6.06. The second-order valence-corrected chi connectivity index (χ2v) is 7.94. The smallest absolute Gasteiger partial charge is 0.223 e. The van der Waals surface area contributed by atoms with Crippen LogP contribution in [0.15, 0.2) is 30.3 Å². The molecule has 1 amide bonds. The van der Waals surface area contributed by atoms with E-state index in [1.165, 1.54) is 24.8 Å². The van der Waals surface area contributed by atoms with Crippen LogP contribution in [-0.4, -0.2) is 48.4 Å². The van der Waals surface area contributed by atoms with Crippen molar-refractivity contribution in [2.45, 2.75) is 51.5 Å². The summed E-state index contributed by atoms with van der Waals surface area (Å²) in [5.41, 5.74) is 7.50. The number of hydrogen-bond acceptors (Lipinski definition) is 3. The molecule has 2 N–H and O–H groups in total. The van der Waals surface area contributed by atoms with Gasteiger partial charge in [0.05, 0.1) is 0 Å². The van der Waals surface area contributed by atoms with Gasteiger partial charge in [0.25, 0.3) is 0 Å². The van der Waals surface area contributed by atoms with Gasteiger partial charge in [0.1, 0.15) is 0 Å². The van der Waals surface area contributed by atoms with E-state index in [1.807, 2.05) is 0 Å². The molecule has 0 unspecified atom stereocenters. The number of carbonyl (C=O) groups excluding carboxylic acids is 1. The van der Waals surface area contributed by atoms with Gasteiger partial charge >= 0.3 is 0 Å². The molecule has 0 radical (unpaired) electrons. The lowest BCUT2D eigenvalue weighted by Gasteiger charge is -2.37. The van der Waals surface area contributed by atoms with E-state index in [0.717, 1.165) is 52.0 Å². The Labute approximate surface area is 176 Å². The van der Waals surface area contributed by atoms with Crippen LogP contribution in [0.4, 0.5) is 0 Å². The third kappa shape index (κ3) is 6.94. The van der Waals surface area contributed by atoms with Gasteiger partial charge in [-0.05, 0) is 36.8 Å². The summed E-state index contributed by atoms with van der Waals surface area (Å²) in [5, 5.41) is 0. The van der Waals surface area contributed by atoms with Gasteiger partial charge in [-0.15, -0.1) is 24.8 Å². The Hall–Kier alpha value is -0.810. The van der Waals surface area contributed by atoms with Gasteiger partial charge in [-0.3, -0.25) is 9.69 Å².